The minimum absolute atomic E-state index is 0.152. The van der Waals surface area contributed by atoms with Crippen LogP contribution in [0.4, 0.5) is 0 Å². The first kappa shape index (κ1) is 93.6. The van der Waals surface area contributed by atoms with Gasteiger partial charge in [-0.1, -0.05) is 375 Å². The third-order valence-electron chi connectivity index (χ3n) is 28.8. The molecule has 3 aromatic rings. The van der Waals surface area contributed by atoms with Crippen molar-refractivity contribution in [2.75, 3.05) is 78.5 Å². The molecule has 0 aromatic heterocycles. The summed E-state index contributed by atoms with van der Waals surface area (Å²) >= 11 is 0. The maximum Gasteiger partial charge on any atom is 0.0936 e. The van der Waals surface area contributed by atoms with Crippen LogP contribution in [0.5, 0.6) is 0 Å². The fourth-order valence-corrected chi connectivity index (χ4v) is 21.4. The van der Waals surface area contributed by atoms with E-state index in [0.717, 1.165) is 96.0 Å². The Bertz CT molecular complexity index is 2730. The number of aliphatic hydroxyl groups is 4. The summed E-state index contributed by atoms with van der Waals surface area (Å²) in [5.41, 5.74) is 2.91. The van der Waals surface area contributed by atoms with Crippen molar-refractivity contribution >= 4 is 0 Å². The average molecular weight is 1530 g/mol. The minimum atomic E-state index is -0.693. The van der Waals surface area contributed by atoms with Crippen LogP contribution in [0, 0.1) is 17.8 Å². The Morgan fingerprint density at radius 3 is 1.09 bits per heavy atom. The van der Waals surface area contributed by atoms with Gasteiger partial charge in [0, 0.05) is 49.7 Å². The Hall–Kier alpha value is -2.92. The molecule has 4 saturated heterocycles. The van der Waals surface area contributed by atoms with Crippen molar-refractivity contribution in [1.82, 2.24) is 19.6 Å². The van der Waals surface area contributed by atoms with Gasteiger partial charge < -0.3 is 40.0 Å². The fourth-order valence-electron chi connectivity index (χ4n) is 21.4. The monoisotopic (exact) mass is 1530 g/mol. The summed E-state index contributed by atoms with van der Waals surface area (Å²) in [5, 5.41) is 47.7. The van der Waals surface area contributed by atoms with Gasteiger partial charge in [0.1, 0.15) is 0 Å². The van der Waals surface area contributed by atoms with Gasteiger partial charge in [-0.2, -0.15) is 0 Å². The average Bonchev–Trinajstić information content (AvgIpc) is 0.857. The molecule has 632 valence electrons. The van der Waals surface area contributed by atoms with Gasteiger partial charge in [-0.05, 0) is 196 Å². The molecule has 8 heteroatoms. The molecule has 3 aromatic carbocycles. The highest BCUT2D eigenvalue weighted by Gasteiger charge is 2.42. The van der Waals surface area contributed by atoms with Crippen LogP contribution >= 0.6 is 0 Å². The summed E-state index contributed by atoms with van der Waals surface area (Å²) in [6.07, 6.45) is 77.3. The molecule has 7 atom stereocenters. The van der Waals surface area contributed by atoms with E-state index in [0.29, 0.717) is 17.8 Å². The second-order valence-corrected chi connectivity index (χ2v) is 38.8. The van der Waals surface area contributed by atoms with Crippen molar-refractivity contribution in [1.29, 1.82) is 0 Å². The molecular weight excluding hydrogens is 1360 g/mol. The van der Waals surface area contributed by atoms with Crippen molar-refractivity contribution in [3.05, 3.63) is 120 Å². The van der Waals surface area contributed by atoms with Gasteiger partial charge in [0.05, 0.1) is 22.4 Å². The van der Waals surface area contributed by atoms with Gasteiger partial charge >= 0.3 is 0 Å². The molecule has 4 aliphatic carbocycles. The van der Waals surface area contributed by atoms with E-state index in [4.69, 9.17) is 0 Å². The summed E-state index contributed by atoms with van der Waals surface area (Å²) in [6.45, 7) is 25.1. The number of hydrogen-bond donors (Lipinski definition) is 4. The van der Waals surface area contributed by atoms with Crippen LogP contribution in [0.2, 0.25) is 0 Å². The second kappa shape index (κ2) is 54.2. The molecule has 0 amide bonds. The van der Waals surface area contributed by atoms with E-state index in [1.54, 1.807) is 0 Å². The van der Waals surface area contributed by atoms with Crippen LogP contribution in [0.1, 0.15) is 421 Å². The van der Waals surface area contributed by atoms with Crippen molar-refractivity contribution in [3.63, 3.8) is 0 Å². The van der Waals surface area contributed by atoms with Crippen molar-refractivity contribution in [2.24, 2.45) is 17.8 Å². The van der Waals surface area contributed by atoms with Gasteiger partial charge in [0.25, 0.3) is 0 Å². The van der Waals surface area contributed by atoms with Crippen molar-refractivity contribution in [3.8, 4) is 0 Å². The third-order valence-corrected chi connectivity index (χ3v) is 28.8. The molecule has 4 saturated carbocycles. The lowest BCUT2D eigenvalue weighted by molar-refractivity contribution is -0.0507. The van der Waals surface area contributed by atoms with E-state index < -0.39 is 22.4 Å². The summed E-state index contributed by atoms with van der Waals surface area (Å²) < 4.78 is 0. The predicted octanol–water partition coefficient (Wildman–Crippen LogP) is 26.3. The Labute approximate surface area is 685 Å². The van der Waals surface area contributed by atoms with Gasteiger partial charge in [-0.15, -0.1) is 6.58 Å². The van der Waals surface area contributed by atoms with Gasteiger partial charge in [0.15, 0.2) is 0 Å². The number of benzene rings is 3. The van der Waals surface area contributed by atoms with Crippen molar-refractivity contribution < 1.29 is 20.4 Å². The Balaban J connectivity index is 0.000000187. The Morgan fingerprint density at radius 2 is 0.676 bits per heavy atom. The van der Waals surface area contributed by atoms with Crippen LogP contribution in [0.15, 0.2) is 97.6 Å². The molecule has 0 radical (unpaired) electrons. The normalized spacial score (nSPS) is 28.5. The maximum atomic E-state index is 12.4. The van der Waals surface area contributed by atoms with Gasteiger partial charge in [-0.3, -0.25) is 0 Å². The molecule has 7 unspecified atom stereocenters. The van der Waals surface area contributed by atoms with E-state index in [9.17, 15) is 20.4 Å². The van der Waals surface area contributed by atoms with Crippen molar-refractivity contribution in [2.45, 2.75) is 433 Å². The highest BCUT2D eigenvalue weighted by Crippen LogP contribution is 2.44. The predicted molar refractivity (Wildman–Crippen MR) is 477 cm³/mol. The highest BCUT2D eigenvalue weighted by atomic mass is 16.3. The smallest absolute Gasteiger partial charge is 0.0936 e. The SMILES string of the molecule is C=CC1(O)CCCCCCCCCCC1CN1CCCCCC1.CC(C)(C)c1ccc(C2(O)CCCCCCCCCCC2CN2CCCCCC2)cc1.OC1(C(CCN2CCCCCC2)c2ccccc2)CCCCCCCCCCC1.OC1(Cc2ccccc2)CCCCCCCCCCC1CN1CCCCCC1. The molecule has 4 aliphatic heterocycles. The lowest BCUT2D eigenvalue weighted by Gasteiger charge is -2.40. The Morgan fingerprint density at radius 1 is 0.351 bits per heavy atom. The van der Waals surface area contributed by atoms with E-state index in [1.165, 1.54) is 384 Å². The second-order valence-electron chi connectivity index (χ2n) is 38.8. The van der Waals surface area contributed by atoms with E-state index in [-0.39, 0.29) is 11.3 Å². The molecule has 0 spiro atoms. The van der Waals surface area contributed by atoms with Crippen LogP contribution in [0.3, 0.4) is 0 Å². The number of nitrogens with zero attached hydrogens (tertiary/aromatic N) is 4. The number of rotatable bonds is 15. The molecule has 11 rings (SSSR count). The number of hydrogen-bond acceptors (Lipinski definition) is 8. The maximum absolute atomic E-state index is 12.4. The van der Waals surface area contributed by atoms with Crippen LogP contribution in [-0.4, -0.2) is 135 Å². The molecular formula is C103H176N4O4. The first-order valence-electron chi connectivity index (χ1n) is 48.8. The van der Waals surface area contributed by atoms with Gasteiger partial charge in [-0.25, -0.2) is 0 Å². The summed E-state index contributed by atoms with van der Waals surface area (Å²) in [4.78, 5) is 10.7. The largest absolute Gasteiger partial charge is 0.389 e. The third kappa shape index (κ3) is 35.7. The zero-order chi connectivity index (χ0) is 78.2. The number of likely N-dealkylation sites (tertiary alicyclic amines) is 4. The summed E-state index contributed by atoms with van der Waals surface area (Å²) in [5.74, 6) is 1.39. The van der Waals surface area contributed by atoms with E-state index in [2.05, 4.69) is 132 Å². The fraction of sp³-hybridized carbons (Fsp3) is 0.806. The quantitative estimate of drug-likeness (QED) is 0.112. The molecule has 8 fully saturated rings. The zero-order valence-corrected chi connectivity index (χ0v) is 73.0. The first-order valence-corrected chi connectivity index (χ1v) is 48.8. The highest BCUT2D eigenvalue weighted by molar-refractivity contribution is 5.32. The molecule has 4 N–H and O–H groups in total. The van der Waals surface area contributed by atoms with Gasteiger partial charge in [0.2, 0.25) is 0 Å². The van der Waals surface area contributed by atoms with Crippen LogP contribution in [0.25, 0.3) is 0 Å². The Kier molecular flexibility index (Phi) is 45.7. The zero-order valence-electron chi connectivity index (χ0n) is 73.0. The molecule has 8 nitrogen and oxygen atoms in total. The lowest BCUT2D eigenvalue weighted by Crippen LogP contribution is -2.46. The van der Waals surface area contributed by atoms with Crippen LogP contribution in [-0.2, 0) is 17.4 Å². The van der Waals surface area contributed by atoms with E-state index >= 15 is 0 Å². The lowest BCUT2D eigenvalue weighted by atomic mass is 9.73. The minimum Gasteiger partial charge on any atom is -0.389 e. The molecule has 0 bridgehead atoms. The molecule has 8 aliphatic rings. The topological polar surface area (TPSA) is 93.9 Å². The first-order chi connectivity index (χ1) is 54.2. The van der Waals surface area contributed by atoms with E-state index in [1.807, 2.05) is 6.08 Å². The molecule has 4 heterocycles. The molecule has 111 heavy (non-hydrogen) atoms. The van der Waals surface area contributed by atoms with Crippen LogP contribution < -0.4 is 0 Å². The standard InChI is InChI=1S/C29H49NO.C27H45NO.C26H43NO.C21H39NO/c1-28(2,3)25-17-19-26(20-18-25)29(31)21-13-9-7-5-4-6-8-12-16-27(29)24-30-22-14-10-11-15-23-30;29-27(20-13-6-4-2-1-3-5-7-14-21-27)26(25-17-11-10-12-18-25)19-24-28-22-15-8-9-16-23-28;28-26(22-24-16-10-9-11-17-24)19-13-6-4-2-1-3-5-12-18-25(26)23-27-20-14-7-8-15-21-27;1-2-21(23)16-12-8-6-4-3-5-7-11-15-20(21)19-22-17-13-9-10-14-18-22/h17-20,27,31H,4-16,21-24H2,1-3H3;10-12,17-18,26,29H,1-9,13-16,19-24H2;9-11,16-17,25,28H,1-8,12-15,18-23H2;2,20,23H,1,3-19H2. The summed E-state index contributed by atoms with van der Waals surface area (Å²) in [7, 11) is 0. The summed E-state index contributed by atoms with van der Waals surface area (Å²) in [6, 6.07) is 30.7.